The van der Waals surface area contributed by atoms with Gasteiger partial charge < -0.3 is 19.3 Å². The van der Waals surface area contributed by atoms with E-state index in [1.165, 1.54) is 14.2 Å². The highest BCUT2D eigenvalue weighted by Gasteiger charge is 2.23. The number of carbonyl (C=O) groups is 1. The van der Waals surface area contributed by atoms with Crippen molar-refractivity contribution in [3.63, 3.8) is 0 Å². The molecule has 5 nitrogen and oxygen atoms in total. The van der Waals surface area contributed by atoms with Gasteiger partial charge in [0.25, 0.3) is 0 Å². The van der Waals surface area contributed by atoms with Crippen LogP contribution in [0.5, 0.6) is 0 Å². The van der Waals surface area contributed by atoms with Gasteiger partial charge >= 0.3 is 5.97 Å². The van der Waals surface area contributed by atoms with E-state index in [4.69, 9.17) is 9.84 Å². The number of aliphatic hydroxyl groups is 1. The summed E-state index contributed by atoms with van der Waals surface area (Å²) in [5.74, 6) is -0.710. The number of esters is 1. The fourth-order valence-corrected chi connectivity index (χ4v) is 0.579. The maximum atomic E-state index is 10.7. The lowest BCUT2D eigenvalue weighted by atomic mass is 10.2. The number of hydrogen-bond donors (Lipinski definition) is 1. The number of hydrogen-bond acceptors (Lipinski definition) is 5. The van der Waals surface area contributed by atoms with Gasteiger partial charge in [0.1, 0.15) is 6.79 Å². The van der Waals surface area contributed by atoms with Gasteiger partial charge in [-0.25, -0.2) is 4.79 Å². The Hall–Kier alpha value is -0.650. The molecule has 0 rings (SSSR count). The molecule has 0 radical (unpaired) electrons. The maximum absolute atomic E-state index is 10.7. The summed E-state index contributed by atoms with van der Waals surface area (Å²) in [5.41, 5.74) is 0. The number of aliphatic hydroxyl groups excluding tert-OH is 1. The highest BCUT2D eigenvalue weighted by molar-refractivity contribution is 5.74. The summed E-state index contributed by atoms with van der Waals surface area (Å²) in [4.78, 5) is 10.7. The first-order valence-electron chi connectivity index (χ1n) is 3.50. The highest BCUT2D eigenvalue weighted by atomic mass is 16.7. The van der Waals surface area contributed by atoms with Crippen LogP contribution in [0.25, 0.3) is 0 Å². The van der Waals surface area contributed by atoms with E-state index in [0.29, 0.717) is 0 Å². The zero-order valence-electron chi connectivity index (χ0n) is 7.44. The van der Waals surface area contributed by atoms with Crippen molar-refractivity contribution in [3.8, 4) is 0 Å². The molecule has 0 saturated carbocycles. The largest absolute Gasteiger partial charge is 0.467 e. The van der Waals surface area contributed by atoms with E-state index in [1.807, 2.05) is 0 Å². The predicted octanol–water partition coefficient (Wildman–Crippen LogP) is -0.471. The van der Waals surface area contributed by atoms with E-state index in [-0.39, 0.29) is 6.79 Å². The van der Waals surface area contributed by atoms with Crippen molar-refractivity contribution in [1.82, 2.24) is 0 Å². The van der Waals surface area contributed by atoms with Gasteiger partial charge in [-0.15, -0.1) is 0 Å². The Morgan fingerprint density at radius 2 is 2.08 bits per heavy atom. The summed E-state index contributed by atoms with van der Waals surface area (Å²) in [7, 11) is 2.66. The minimum atomic E-state index is -1.26. The van der Waals surface area contributed by atoms with Gasteiger partial charge in [-0.2, -0.15) is 0 Å². The third-order valence-electron chi connectivity index (χ3n) is 1.34. The Balaban J connectivity index is 3.75. The standard InChI is InChI=1S/C7H14O5/c1-5(12-4-10-2)6(8)7(9)11-3/h5-6,8H,4H2,1-3H3/t5-,6+/m0/s1. The van der Waals surface area contributed by atoms with Crippen LogP contribution >= 0.6 is 0 Å². The first-order valence-corrected chi connectivity index (χ1v) is 3.50. The molecule has 0 aromatic rings. The first kappa shape index (κ1) is 11.4. The van der Waals surface area contributed by atoms with Gasteiger partial charge in [-0.05, 0) is 6.92 Å². The Bertz CT molecular complexity index is 136. The number of ether oxygens (including phenoxy) is 3. The lowest BCUT2D eigenvalue weighted by molar-refractivity contribution is -0.164. The summed E-state index contributed by atoms with van der Waals surface area (Å²) in [6.07, 6.45) is -1.89. The molecule has 0 fully saturated rings. The molecule has 0 spiro atoms. The van der Waals surface area contributed by atoms with E-state index in [9.17, 15) is 4.79 Å². The van der Waals surface area contributed by atoms with Gasteiger partial charge in [0, 0.05) is 7.11 Å². The topological polar surface area (TPSA) is 65.0 Å². The first-order chi connectivity index (χ1) is 5.63. The average Bonchev–Trinajstić information content (AvgIpc) is 2.11. The Morgan fingerprint density at radius 3 is 2.50 bits per heavy atom. The van der Waals surface area contributed by atoms with E-state index in [2.05, 4.69) is 9.47 Å². The van der Waals surface area contributed by atoms with Crippen LogP contribution in [0.4, 0.5) is 0 Å². The van der Waals surface area contributed by atoms with Crippen LogP contribution in [0, 0.1) is 0 Å². The molecule has 1 N–H and O–H groups in total. The molecule has 5 heteroatoms. The van der Waals surface area contributed by atoms with Gasteiger partial charge in [-0.3, -0.25) is 0 Å². The molecule has 0 aromatic carbocycles. The zero-order chi connectivity index (χ0) is 9.56. The minimum absolute atomic E-state index is 0.0369. The summed E-state index contributed by atoms with van der Waals surface area (Å²) >= 11 is 0. The molecule has 0 aliphatic heterocycles. The summed E-state index contributed by atoms with van der Waals surface area (Å²) in [5, 5.41) is 9.16. The van der Waals surface area contributed by atoms with Gasteiger partial charge in [0.15, 0.2) is 6.10 Å². The number of methoxy groups -OCH3 is 2. The molecule has 0 heterocycles. The Morgan fingerprint density at radius 1 is 1.50 bits per heavy atom. The maximum Gasteiger partial charge on any atom is 0.337 e. The summed E-state index contributed by atoms with van der Waals surface area (Å²) in [6, 6.07) is 0. The molecule has 0 aromatic heterocycles. The second kappa shape index (κ2) is 5.93. The molecule has 0 unspecified atom stereocenters. The molecule has 0 amide bonds. The third kappa shape index (κ3) is 3.66. The molecule has 0 saturated heterocycles. The van der Waals surface area contributed by atoms with Crippen LogP contribution in [0.15, 0.2) is 0 Å². The SMILES string of the molecule is COCO[C@@H](C)[C@@H](O)C(=O)OC. The Labute approximate surface area is 71.2 Å². The lowest BCUT2D eigenvalue weighted by Crippen LogP contribution is -2.35. The quantitative estimate of drug-likeness (QED) is 0.455. The average molecular weight is 178 g/mol. The van der Waals surface area contributed by atoms with Crippen LogP contribution in [-0.4, -0.2) is 44.3 Å². The molecular weight excluding hydrogens is 164 g/mol. The van der Waals surface area contributed by atoms with E-state index < -0.39 is 18.2 Å². The van der Waals surface area contributed by atoms with Crippen LogP contribution in [-0.2, 0) is 19.0 Å². The molecule has 2 atom stereocenters. The van der Waals surface area contributed by atoms with Crippen molar-refractivity contribution in [3.05, 3.63) is 0 Å². The van der Waals surface area contributed by atoms with Crippen LogP contribution < -0.4 is 0 Å². The highest BCUT2D eigenvalue weighted by Crippen LogP contribution is 2.00. The van der Waals surface area contributed by atoms with Gasteiger partial charge in [-0.1, -0.05) is 0 Å². The van der Waals surface area contributed by atoms with Crippen molar-refractivity contribution >= 4 is 5.97 Å². The summed E-state index contributed by atoms with van der Waals surface area (Å²) < 4.78 is 13.8. The number of carbonyl (C=O) groups excluding carboxylic acids is 1. The molecule has 12 heavy (non-hydrogen) atoms. The summed E-state index contributed by atoms with van der Waals surface area (Å²) in [6.45, 7) is 1.59. The van der Waals surface area contributed by atoms with Gasteiger partial charge in [0.2, 0.25) is 0 Å². The van der Waals surface area contributed by atoms with E-state index in [1.54, 1.807) is 6.92 Å². The third-order valence-corrected chi connectivity index (χ3v) is 1.34. The fourth-order valence-electron chi connectivity index (χ4n) is 0.579. The lowest BCUT2D eigenvalue weighted by Gasteiger charge is -2.16. The molecule has 72 valence electrons. The number of rotatable bonds is 5. The van der Waals surface area contributed by atoms with Crippen molar-refractivity contribution in [2.24, 2.45) is 0 Å². The van der Waals surface area contributed by atoms with Crippen LogP contribution in [0.1, 0.15) is 6.92 Å². The van der Waals surface area contributed by atoms with E-state index >= 15 is 0 Å². The zero-order valence-corrected chi connectivity index (χ0v) is 7.44. The van der Waals surface area contributed by atoms with Crippen LogP contribution in [0.2, 0.25) is 0 Å². The van der Waals surface area contributed by atoms with Gasteiger partial charge in [0.05, 0.1) is 13.2 Å². The molecule has 0 bridgehead atoms. The second-order valence-electron chi connectivity index (χ2n) is 2.25. The van der Waals surface area contributed by atoms with Crippen molar-refractivity contribution in [2.45, 2.75) is 19.1 Å². The second-order valence-corrected chi connectivity index (χ2v) is 2.25. The van der Waals surface area contributed by atoms with Crippen molar-refractivity contribution in [2.75, 3.05) is 21.0 Å². The smallest absolute Gasteiger partial charge is 0.337 e. The molecule has 0 aliphatic rings. The fraction of sp³-hybridized carbons (Fsp3) is 0.857. The predicted molar refractivity (Wildman–Crippen MR) is 40.4 cm³/mol. The molecular formula is C7H14O5. The van der Waals surface area contributed by atoms with E-state index in [0.717, 1.165) is 0 Å². The molecule has 0 aliphatic carbocycles. The van der Waals surface area contributed by atoms with Crippen molar-refractivity contribution in [1.29, 1.82) is 0 Å². The van der Waals surface area contributed by atoms with Crippen LogP contribution in [0.3, 0.4) is 0 Å². The normalized spacial score (nSPS) is 15.3. The minimum Gasteiger partial charge on any atom is -0.467 e. The Kier molecular flexibility index (Phi) is 5.61. The van der Waals surface area contributed by atoms with Crippen molar-refractivity contribution < 1.29 is 24.1 Å². The monoisotopic (exact) mass is 178 g/mol.